The Kier molecular flexibility index (Phi) is 4.39. The number of carbonyl (C=O) groups excluding carboxylic acids is 2. The summed E-state index contributed by atoms with van der Waals surface area (Å²) in [4.78, 5) is 34.7. The number of ether oxygens (including phenoxy) is 2. The summed E-state index contributed by atoms with van der Waals surface area (Å²) >= 11 is 0. The first kappa shape index (κ1) is 16.3. The fourth-order valence-electron chi connectivity index (χ4n) is 2.67. The van der Waals surface area contributed by atoms with Crippen LogP contribution in [0.25, 0.3) is 0 Å². The van der Waals surface area contributed by atoms with Crippen LogP contribution >= 0.6 is 0 Å². The van der Waals surface area contributed by atoms with Gasteiger partial charge in [0.15, 0.2) is 6.10 Å². The maximum Gasteiger partial charge on any atom is 0.346 e. The molecule has 0 aliphatic carbocycles. The molecule has 3 atom stereocenters. The summed E-state index contributed by atoms with van der Waals surface area (Å²) in [5.74, 6) is -2.02. The van der Waals surface area contributed by atoms with E-state index in [4.69, 9.17) is 14.6 Å². The quantitative estimate of drug-likeness (QED) is 0.474. The van der Waals surface area contributed by atoms with Gasteiger partial charge in [0.1, 0.15) is 16.9 Å². The highest BCUT2D eigenvalue weighted by molar-refractivity contribution is 6.24. The van der Waals surface area contributed by atoms with E-state index >= 15 is 0 Å². The van der Waals surface area contributed by atoms with Crippen molar-refractivity contribution in [3.8, 4) is 0 Å². The molecule has 0 spiro atoms. The number of hydrogen-bond acceptors (Lipinski definition) is 5. The first-order valence-electron chi connectivity index (χ1n) is 7.35. The molecule has 2 aliphatic heterocycles. The summed E-state index contributed by atoms with van der Waals surface area (Å²) in [5.41, 5.74) is -0.751. The molecular formula is C16H20O6. The number of carboxylic acid groups (broad SMARTS) is 1. The lowest BCUT2D eigenvalue weighted by molar-refractivity contribution is -0.147. The van der Waals surface area contributed by atoms with Crippen molar-refractivity contribution in [1.82, 2.24) is 0 Å². The van der Waals surface area contributed by atoms with Crippen LogP contribution in [0.5, 0.6) is 0 Å². The van der Waals surface area contributed by atoms with Crippen LogP contribution in [0.3, 0.4) is 0 Å². The molecule has 1 N–H and O–H groups in total. The summed E-state index contributed by atoms with van der Waals surface area (Å²) < 4.78 is 10.6. The Morgan fingerprint density at radius 3 is 2.73 bits per heavy atom. The van der Waals surface area contributed by atoms with Gasteiger partial charge in [0.25, 0.3) is 0 Å². The predicted octanol–water partition coefficient (Wildman–Crippen LogP) is 1.99. The second-order valence-corrected chi connectivity index (χ2v) is 6.06. The van der Waals surface area contributed by atoms with Crippen molar-refractivity contribution in [3.63, 3.8) is 0 Å². The van der Waals surface area contributed by atoms with E-state index in [-0.39, 0.29) is 11.3 Å². The van der Waals surface area contributed by atoms with Gasteiger partial charge < -0.3 is 14.6 Å². The van der Waals surface area contributed by atoms with E-state index in [9.17, 15) is 14.4 Å². The molecular weight excluding hydrogens is 288 g/mol. The number of aliphatic carboxylic acids is 1. The topological polar surface area (TPSA) is 89.9 Å². The van der Waals surface area contributed by atoms with Crippen molar-refractivity contribution in [2.24, 2.45) is 5.92 Å². The fourth-order valence-corrected chi connectivity index (χ4v) is 2.67. The zero-order chi connectivity index (χ0) is 16.5. The largest absolute Gasteiger partial charge is 0.482 e. The van der Waals surface area contributed by atoms with Crippen molar-refractivity contribution in [2.75, 3.05) is 0 Å². The van der Waals surface area contributed by atoms with Crippen LogP contribution in [0.15, 0.2) is 23.5 Å². The maximum atomic E-state index is 12.1. The second kappa shape index (κ2) is 5.94. The van der Waals surface area contributed by atoms with Crippen LogP contribution in [0.1, 0.15) is 40.0 Å². The maximum absolute atomic E-state index is 12.1. The average Bonchev–Trinajstić information content (AvgIpc) is 2.90. The Labute approximate surface area is 128 Å². The molecule has 0 saturated carbocycles. The van der Waals surface area contributed by atoms with Gasteiger partial charge in [-0.1, -0.05) is 20.3 Å². The minimum Gasteiger partial charge on any atom is -0.482 e. The third kappa shape index (κ3) is 3.21. The Hall–Kier alpha value is -2.11. The van der Waals surface area contributed by atoms with Crippen LogP contribution in [0.2, 0.25) is 0 Å². The van der Waals surface area contributed by atoms with E-state index in [2.05, 4.69) is 13.8 Å². The molecule has 120 valence electrons. The Bertz CT molecular complexity index is 573. The minimum absolute atomic E-state index is 0.175. The number of ketones is 1. The highest BCUT2D eigenvalue weighted by atomic mass is 16.6. The Balaban J connectivity index is 2.19. The van der Waals surface area contributed by atoms with E-state index in [0.29, 0.717) is 5.92 Å². The van der Waals surface area contributed by atoms with Gasteiger partial charge >= 0.3 is 11.9 Å². The molecule has 2 rings (SSSR count). The van der Waals surface area contributed by atoms with E-state index in [1.54, 1.807) is 6.08 Å². The first-order chi connectivity index (χ1) is 10.3. The molecule has 2 aliphatic rings. The number of carbonyl (C=O) groups is 3. The molecule has 6 heteroatoms. The highest BCUT2D eigenvalue weighted by Gasteiger charge is 2.44. The number of esters is 1. The lowest BCUT2D eigenvalue weighted by Gasteiger charge is -2.26. The van der Waals surface area contributed by atoms with Crippen LogP contribution in [0, 0.1) is 5.92 Å². The van der Waals surface area contributed by atoms with Crippen molar-refractivity contribution in [1.29, 1.82) is 0 Å². The number of hydrogen-bond donors (Lipinski definition) is 1. The Morgan fingerprint density at radius 1 is 1.45 bits per heavy atom. The average molecular weight is 308 g/mol. The molecule has 0 bridgehead atoms. The van der Waals surface area contributed by atoms with Crippen molar-refractivity contribution < 1.29 is 29.0 Å². The molecule has 1 saturated heterocycles. The summed E-state index contributed by atoms with van der Waals surface area (Å²) in [6, 6.07) is 0. The smallest absolute Gasteiger partial charge is 0.346 e. The summed E-state index contributed by atoms with van der Waals surface area (Å²) in [6.07, 6.45) is 3.40. The zero-order valence-electron chi connectivity index (χ0n) is 12.9. The number of cyclic esters (lactones) is 1. The summed E-state index contributed by atoms with van der Waals surface area (Å²) in [5, 5.41) is 8.73. The second-order valence-electron chi connectivity index (χ2n) is 6.06. The molecule has 0 aromatic rings. The lowest BCUT2D eigenvalue weighted by Crippen LogP contribution is -2.25. The number of rotatable bonds is 5. The molecule has 0 radical (unpaired) electrons. The van der Waals surface area contributed by atoms with Crippen LogP contribution in [-0.4, -0.2) is 34.5 Å². The molecule has 0 amide bonds. The molecule has 1 fully saturated rings. The van der Waals surface area contributed by atoms with Crippen molar-refractivity contribution >= 4 is 17.7 Å². The zero-order valence-corrected chi connectivity index (χ0v) is 12.9. The molecule has 2 heterocycles. The summed E-state index contributed by atoms with van der Waals surface area (Å²) in [6.45, 7) is 6.08. The summed E-state index contributed by atoms with van der Waals surface area (Å²) in [7, 11) is 0. The van der Waals surface area contributed by atoms with Crippen LogP contribution in [0.4, 0.5) is 0 Å². The van der Waals surface area contributed by atoms with Gasteiger partial charge in [0.2, 0.25) is 5.78 Å². The molecule has 6 nitrogen and oxygen atoms in total. The third-order valence-electron chi connectivity index (χ3n) is 3.98. The van der Waals surface area contributed by atoms with Crippen LogP contribution in [-0.2, 0) is 23.9 Å². The van der Waals surface area contributed by atoms with Crippen molar-refractivity contribution in [2.45, 2.75) is 51.7 Å². The Morgan fingerprint density at radius 2 is 2.14 bits per heavy atom. The molecule has 1 unspecified atom stereocenters. The van der Waals surface area contributed by atoms with Gasteiger partial charge in [0, 0.05) is 0 Å². The monoisotopic (exact) mass is 308 g/mol. The highest BCUT2D eigenvalue weighted by Crippen LogP contribution is 2.35. The van der Waals surface area contributed by atoms with Gasteiger partial charge in [-0.05, 0) is 31.4 Å². The normalized spacial score (nSPS) is 32.0. The molecule has 0 aromatic heterocycles. The molecule has 0 aromatic carbocycles. The van der Waals surface area contributed by atoms with Gasteiger partial charge in [-0.15, -0.1) is 0 Å². The number of Topliss-reactive ketones (excluding diaryl/α,β-unsaturated/α-hetero) is 1. The van der Waals surface area contributed by atoms with Crippen LogP contribution < -0.4 is 0 Å². The van der Waals surface area contributed by atoms with E-state index in [0.717, 1.165) is 12.8 Å². The lowest BCUT2D eigenvalue weighted by atomic mass is 9.92. The van der Waals surface area contributed by atoms with E-state index in [1.165, 1.54) is 0 Å². The predicted molar refractivity (Wildman–Crippen MR) is 76.9 cm³/mol. The number of carboxylic acids is 1. The molecule has 22 heavy (non-hydrogen) atoms. The van der Waals surface area contributed by atoms with Gasteiger partial charge in [-0.25, -0.2) is 4.79 Å². The SMILES string of the molecule is CCC(C)C[C@@]1(C)C=CC(=C2C(=O)O[C@H](CC(=O)O)C2=O)O1. The van der Waals surface area contributed by atoms with Crippen molar-refractivity contribution in [3.05, 3.63) is 23.5 Å². The van der Waals surface area contributed by atoms with E-state index in [1.807, 2.05) is 13.0 Å². The van der Waals surface area contributed by atoms with Gasteiger partial charge in [0.05, 0.1) is 6.42 Å². The standard InChI is InChI=1S/C16H20O6/c1-4-9(2)8-16(3)6-5-10(22-16)13-14(19)11(7-12(17)18)21-15(13)20/h5-6,9,11H,4,7-8H2,1-3H3,(H,17,18)/t9?,11-,16-/m1/s1. The minimum atomic E-state index is -1.26. The number of allylic oxidation sites excluding steroid dienone is 1. The first-order valence-corrected chi connectivity index (χ1v) is 7.35. The van der Waals surface area contributed by atoms with Gasteiger partial charge in [-0.3, -0.25) is 9.59 Å². The van der Waals surface area contributed by atoms with E-state index < -0.39 is 35.8 Å². The third-order valence-corrected chi connectivity index (χ3v) is 3.98. The van der Waals surface area contributed by atoms with Gasteiger partial charge in [-0.2, -0.15) is 0 Å². The fraction of sp³-hybridized carbons (Fsp3) is 0.562.